The third kappa shape index (κ3) is 3.25. The molecule has 0 aliphatic carbocycles. The molecule has 0 heterocycles. The Bertz CT molecular complexity index is 525. The van der Waals surface area contributed by atoms with Crippen LogP contribution in [-0.4, -0.2) is 23.9 Å². The molecule has 0 radical (unpaired) electrons. The van der Waals surface area contributed by atoms with Crippen LogP contribution in [0.4, 0.5) is 13.2 Å². The van der Waals surface area contributed by atoms with E-state index in [0.717, 1.165) is 6.07 Å². The summed E-state index contributed by atoms with van der Waals surface area (Å²) in [6.07, 6.45) is 0. The maximum absolute atomic E-state index is 13.5. The van der Waals surface area contributed by atoms with Crippen molar-refractivity contribution in [2.75, 3.05) is 13.1 Å². The Morgan fingerprint density at radius 3 is 2.53 bits per heavy atom. The van der Waals surface area contributed by atoms with Gasteiger partial charge in [-0.05, 0) is 26.0 Å². The number of amides is 1. The Balaban J connectivity index is 3.05. The molecule has 0 spiro atoms. The Labute approximate surface area is 109 Å². The highest BCUT2D eigenvalue weighted by molar-refractivity contribution is 5.94. The van der Waals surface area contributed by atoms with Crippen molar-refractivity contribution < 1.29 is 18.0 Å². The van der Waals surface area contributed by atoms with Gasteiger partial charge in [-0.3, -0.25) is 4.79 Å². The molecular formula is C13H13F3N2O. The lowest BCUT2D eigenvalue weighted by atomic mass is 10.1. The zero-order valence-corrected chi connectivity index (χ0v) is 10.6. The summed E-state index contributed by atoms with van der Waals surface area (Å²) in [4.78, 5) is 13.2. The van der Waals surface area contributed by atoms with Crippen molar-refractivity contribution in [2.45, 2.75) is 13.8 Å². The first-order valence-corrected chi connectivity index (χ1v) is 5.74. The number of rotatable bonds is 4. The van der Waals surface area contributed by atoms with Crippen LogP contribution in [0.25, 0.3) is 0 Å². The highest BCUT2D eigenvalue weighted by Crippen LogP contribution is 2.17. The number of carbonyl (C=O) groups excluding carboxylic acids is 1. The summed E-state index contributed by atoms with van der Waals surface area (Å²) in [7, 11) is 0. The van der Waals surface area contributed by atoms with Crippen molar-refractivity contribution >= 4 is 5.91 Å². The lowest BCUT2D eigenvalue weighted by molar-refractivity contribution is 0.0746. The minimum atomic E-state index is -1.67. The standard InChI is InChI=1S/C13H13F3N2O/c1-3-18(7-8(2)6-17)13(19)9-4-5-10(14)12(16)11(9)15/h4-5,8H,3,7H2,1-2H3. The highest BCUT2D eigenvalue weighted by atomic mass is 19.2. The molecule has 6 heteroatoms. The molecule has 0 saturated carbocycles. The van der Waals surface area contributed by atoms with Gasteiger partial charge in [0.1, 0.15) is 0 Å². The summed E-state index contributed by atoms with van der Waals surface area (Å²) < 4.78 is 39.4. The van der Waals surface area contributed by atoms with Crippen molar-refractivity contribution in [3.63, 3.8) is 0 Å². The first-order valence-electron chi connectivity index (χ1n) is 5.74. The van der Waals surface area contributed by atoms with Gasteiger partial charge >= 0.3 is 0 Å². The number of halogens is 3. The third-order valence-corrected chi connectivity index (χ3v) is 2.65. The van der Waals surface area contributed by atoms with Crippen LogP contribution in [0, 0.1) is 34.7 Å². The molecule has 0 aliphatic rings. The molecule has 1 aromatic carbocycles. The molecular weight excluding hydrogens is 257 g/mol. The van der Waals surface area contributed by atoms with E-state index >= 15 is 0 Å². The van der Waals surface area contributed by atoms with E-state index in [-0.39, 0.29) is 13.1 Å². The van der Waals surface area contributed by atoms with Gasteiger partial charge < -0.3 is 4.90 Å². The van der Waals surface area contributed by atoms with Gasteiger partial charge in [-0.15, -0.1) is 0 Å². The van der Waals surface area contributed by atoms with Gasteiger partial charge in [0.25, 0.3) is 5.91 Å². The quantitative estimate of drug-likeness (QED) is 0.789. The van der Waals surface area contributed by atoms with E-state index in [4.69, 9.17) is 5.26 Å². The molecule has 0 bridgehead atoms. The van der Waals surface area contributed by atoms with Gasteiger partial charge in [-0.1, -0.05) is 0 Å². The average Bonchev–Trinajstić information content (AvgIpc) is 2.41. The Kier molecular flexibility index (Phi) is 4.93. The summed E-state index contributed by atoms with van der Waals surface area (Å²) in [6, 6.07) is 3.55. The molecule has 1 rings (SSSR count). The lowest BCUT2D eigenvalue weighted by Gasteiger charge is -2.22. The fourth-order valence-electron chi connectivity index (χ4n) is 1.59. The zero-order valence-electron chi connectivity index (χ0n) is 10.6. The second-order valence-corrected chi connectivity index (χ2v) is 4.10. The summed E-state index contributed by atoms with van der Waals surface area (Å²) >= 11 is 0. The van der Waals surface area contributed by atoms with Gasteiger partial charge in [0.2, 0.25) is 0 Å². The maximum Gasteiger partial charge on any atom is 0.256 e. The summed E-state index contributed by atoms with van der Waals surface area (Å²) in [5.74, 6) is -5.72. The molecule has 0 fully saturated rings. The predicted octanol–water partition coefficient (Wildman–Crippen LogP) is 2.73. The van der Waals surface area contributed by atoms with Gasteiger partial charge in [-0.2, -0.15) is 5.26 Å². The topological polar surface area (TPSA) is 44.1 Å². The van der Waals surface area contributed by atoms with E-state index in [1.165, 1.54) is 4.90 Å². The van der Waals surface area contributed by atoms with E-state index in [1.807, 2.05) is 6.07 Å². The predicted molar refractivity (Wildman–Crippen MR) is 62.7 cm³/mol. The SMILES string of the molecule is CCN(CC(C)C#N)C(=O)c1ccc(F)c(F)c1F. The van der Waals surface area contributed by atoms with Crippen molar-refractivity contribution in [1.82, 2.24) is 4.90 Å². The van der Waals surface area contributed by atoms with Crippen LogP contribution < -0.4 is 0 Å². The van der Waals surface area contributed by atoms with Crippen LogP contribution in [0.3, 0.4) is 0 Å². The van der Waals surface area contributed by atoms with Crippen LogP contribution in [0.2, 0.25) is 0 Å². The minimum Gasteiger partial charge on any atom is -0.338 e. The molecule has 0 aliphatic heterocycles. The molecule has 3 nitrogen and oxygen atoms in total. The van der Waals surface area contributed by atoms with Crippen LogP contribution >= 0.6 is 0 Å². The summed E-state index contributed by atoms with van der Waals surface area (Å²) in [5.41, 5.74) is -0.536. The van der Waals surface area contributed by atoms with Gasteiger partial charge in [0.15, 0.2) is 17.5 Å². The number of hydrogen-bond acceptors (Lipinski definition) is 2. The lowest BCUT2D eigenvalue weighted by Crippen LogP contribution is -2.35. The highest BCUT2D eigenvalue weighted by Gasteiger charge is 2.23. The van der Waals surface area contributed by atoms with Gasteiger partial charge in [0.05, 0.1) is 17.6 Å². The van der Waals surface area contributed by atoms with E-state index < -0.39 is 34.8 Å². The molecule has 19 heavy (non-hydrogen) atoms. The average molecular weight is 270 g/mol. The van der Waals surface area contributed by atoms with Crippen LogP contribution in [0.5, 0.6) is 0 Å². The molecule has 1 amide bonds. The first kappa shape index (κ1) is 15.0. The number of nitriles is 1. The number of hydrogen-bond donors (Lipinski definition) is 0. The van der Waals surface area contributed by atoms with Gasteiger partial charge in [0, 0.05) is 13.1 Å². The molecule has 0 saturated heterocycles. The molecule has 102 valence electrons. The fourth-order valence-corrected chi connectivity index (χ4v) is 1.59. The molecule has 1 atom stereocenters. The Morgan fingerprint density at radius 1 is 1.37 bits per heavy atom. The first-order chi connectivity index (χ1) is 8.92. The fraction of sp³-hybridized carbons (Fsp3) is 0.385. The third-order valence-electron chi connectivity index (χ3n) is 2.65. The zero-order chi connectivity index (χ0) is 14.6. The van der Waals surface area contributed by atoms with Crippen LogP contribution in [0.1, 0.15) is 24.2 Å². The van der Waals surface area contributed by atoms with Crippen molar-refractivity contribution in [1.29, 1.82) is 5.26 Å². The second-order valence-electron chi connectivity index (χ2n) is 4.10. The van der Waals surface area contributed by atoms with E-state index in [2.05, 4.69) is 0 Å². The smallest absolute Gasteiger partial charge is 0.256 e. The van der Waals surface area contributed by atoms with Crippen molar-refractivity contribution in [2.24, 2.45) is 5.92 Å². The second kappa shape index (κ2) is 6.23. The van der Waals surface area contributed by atoms with E-state index in [9.17, 15) is 18.0 Å². The Morgan fingerprint density at radius 2 is 2.00 bits per heavy atom. The summed E-state index contributed by atoms with van der Waals surface area (Å²) in [6.45, 7) is 3.60. The van der Waals surface area contributed by atoms with Gasteiger partial charge in [-0.25, -0.2) is 13.2 Å². The van der Waals surface area contributed by atoms with E-state index in [0.29, 0.717) is 6.07 Å². The van der Waals surface area contributed by atoms with E-state index in [1.54, 1.807) is 13.8 Å². The molecule has 0 N–H and O–H groups in total. The van der Waals surface area contributed by atoms with Crippen LogP contribution in [0.15, 0.2) is 12.1 Å². The Hall–Kier alpha value is -2.03. The monoisotopic (exact) mass is 270 g/mol. The molecule has 1 unspecified atom stereocenters. The number of benzene rings is 1. The van der Waals surface area contributed by atoms with Crippen LogP contribution in [-0.2, 0) is 0 Å². The normalized spacial score (nSPS) is 11.8. The van der Waals surface area contributed by atoms with Crippen molar-refractivity contribution in [3.05, 3.63) is 35.1 Å². The number of nitrogens with zero attached hydrogens (tertiary/aromatic N) is 2. The summed E-state index contributed by atoms with van der Waals surface area (Å²) in [5, 5.41) is 8.70. The number of carbonyl (C=O) groups is 1. The minimum absolute atomic E-state index is 0.101. The maximum atomic E-state index is 13.5. The largest absolute Gasteiger partial charge is 0.338 e. The van der Waals surface area contributed by atoms with Crippen molar-refractivity contribution in [3.8, 4) is 6.07 Å². The molecule has 1 aromatic rings. The molecule has 0 aromatic heterocycles.